The molecule has 0 amide bonds. The van der Waals surface area contributed by atoms with Gasteiger partial charge in [-0.25, -0.2) is 0 Å². The van der Waals surface area contributed by atoms with Crippen LogP contribution < -0.4 is 9.47 Å². The smallest absolute Gasteiger partial charge is 0.163 e. The van der Waals surface area contributed by atoms with Gasteiger partial charge in [-0.15, -0.1) is 0 Å². The monoisotopic (exact) mass is 445 g/mol. The number of hydrogen-bond acceptors (Lipinski definition) is 4. The van der Waals surface area contributed by atoms with Crippen molar-refractivity contribution in [1.29, 1.82) is 0 Å². The summed E-state index contributed by atoms with van der Waals surface area (Å²) in [6, 6.07) is 14.2. The Morgan fingerprint density at radius 2 is 1.64 bits per heavy atom. The number of ketones is 1. The van der Waals surface area contributed by atoms with Crippen molar-refractivity contribution in [2.75, 3.05) is 0 Å². The van der Waals surface area contributed by atoms with Crippen LogP contribution in [0.15, 0.2) is 42.5 Å². The summed E-state index contributed by atoms with van der Waals surface area (Å²) in [5.74, 6) is 1.35. The van der Waals surface area contributed by atoms with E-state index in [0.29, 0.717) is 11.3 Å². The van der Waals surface area contributed by atoms with Crippen LogP contribution in [0.2, 0.25) is 0 Å². The molecule has 174 valence electrons. The van der Waals surface area contributed by atoms with Crippen molar-refractivity contribution in [2.24, 2.45) is 0 Å². The summed E-state index contributed by atoms with van der Waals surface area (Å²) in [5.41, 5.74) is 8.09. The maximum Gasteiger partial charge on any atom is 0.163 e. The normalized spacial score (nSPS) is 11.0. The van der Waals surface area contributed by atoms with E-state index in [2.05, 4.69) is 32.0 Å². The molecular formula is C29H35NO3. The summed E-state index contributed by atoms with van der Waals surface area (Å²) in [6.45, 7) is 14.2. The van der Waals surface area contributed by atoms with Crippen LogP contribution in [0.3, 0.4) is 0 Å². The predicted octanol–water partition coefficient (Wildman–Crippen LogP) is 7.06. The summed E-state index contributed by atoms with van der Waals surface area (Å²) in [4.78, 5) is 17.1. The minimum Gasteiger partial charge on any atom is -0.490 e. The van der Waals surface area contributed by atoms with Crippen LogP contribution in [0.1, 0.15) is 72.9 Å². The number of pyridine rings is 1. The second-order valence-electron chi connectivity index (χ2n) is 8.74. The van der Waals surface area contributed by atoms with E-state index in [1.54, 1.807) is 6.92 Å². The number of ether oxygens (including phenoxy) is 2. The SMILES string of the molecule is CCc1cccc(CC)c1-c1cc(OC(C)C)c(COc2cc(C)ccc2C(C)=O)c(C)n1. The van der Waals surface area contributed by atoms with Gasteiger partial charge in [0.25, 0.3) is 0 Å². The Bertz CT molecular complexity index is 1130. The van der Waals surface area contributed by atoms with Crippen LogP contribution in [0.4, 0.5) is 0 Å². The fraction of sp³-hybridized carbons (Fsp3) is 0.379. The molecule has 0 bridgehead atoms. The molecule has 0 aliphatic rings. The predicted molar refractivity (Wildman–Crippen MR) is 134 cm³/mol. The number of aromatic nitrogens is 1. The molecule has 0 radical (unpaired) electrons. The van der Waals surface area contributed by atoms with Crippen molar-refractivity contribution in [3.8, 4) is 22.8 Å². The van der Waals surface area contributed by atoms with Crippen molar-refractivity contribution < 1.29 is 14.3 Å². The van der Waals surface area contributed by atoms with E-state index in [0.717, 1.165) is 41.1 Å². The lowest BCUT2D eigenvalue weighted by atomic mass is 9.94. The third kappa shape index (κ3) is 5.62. The molecule has 0 N–H and O–H groups in total. The molecule has 4 nitrogen and oxygen atoms in total. The van der Waals surface area contributed by atoms with E-state index in [4.69, 9.17) is 14.5 Å². The summed E-state index contributed by atoms with van der Waals surface area (Å²) in [7, 11) is 0. The molecule has 0 saturated heterocycles. The molecule has 3 rings (SSSR count). The van der Waals surface area contributed by atoms with Crippen molar-refractivity contribution in [2.45, 2.75) is 74.0 Å². The minimum atomic E-state index is -0.0166. The number of hydrogen-bond donors (Lipinski definition) is 0. The van der Waals surface area contributed by atoms with Gasteiger partial charge >= 0.3 is 0 Å². The fourth-order valence-corrected chi connectivity index (χ4v) is 4.09. The first-order valence-corrected chi connectivity index (χ1v) is 11.8. The van der Waals surface area contributed by atoms with Crippen LogP contribution in [0, 0.1) is 13.8 Å². The van der Waals surface area contributed by atoms with Crippen molar-refractivity contribution in [3.05, 3.63) is 76.0 Å². The van der Waals surface area contributed by atoms with E-state index in [-0.39, 0.29) is 18.5 Å². The molecular weight excluding hydrogens is 410 g/mol. The average Bonchev–Trinajstić information content (AvgIpc) is 2.77. The Kier molecular flexibility index (Phi) is 7.91. The van der Waals surface area contributed by atoms with E-state index >= 15 is 0 Å². The molecule has 4 heteroatoms. The molecule has 0 unspecified atom stereocenters. The first-order valence-electron chi connectivity index (χ1n) is 11.8. The quantitative estimate of drug-likeness (QED) is 0.331. The van der Waals surface area contributed by atoms with Gasteiger partial charge in [0.1, 0.15) is 18.1 Å². The molecule has 0 saturated carbocycles. The molecule has 0 fully saturated rings. The van der Waals surface area contributed by atoms with Gasteiger partial charge in [0.05, 0.1) is 22.9 Å². The summed E-state index contributed by atoms with van der Waals surface area (Å²) >= 11 is 0. The highest BCUT2D eigenvalue weighted by molar-refractivity contribution is 5.96. The van der Waals surface area contributed by atoms with Gasteiger partial charge in [0.2, 0.25) is 0 Å². The van der Waals surface area contributed by atoms with Gasteiger partial charge in [-0.3, -0.25) is 9.78 Å². The lowest BCUT2D eigenvalue weighted by Gasteiger charge is -2.20. The van der Waals surface area contributed by atoms with E-state index < -0.39 is 0 Å². The molecule has 2 aromatic carbocycles. The number of aryl methyl sites for hydroxylation is 4. The van der Waals surface area contributed by atoms with Crippen LogP contribution in [0.5, 0.6) is 11.5 Å². The largest absolute Gasteiger partial charge is 0.490 e. The zero-order chi connectivity index (χ0) is 24.1. The van der Waals surface area contributed by atoms with Gasteiger partial charge in [0.15, 0.2) is 5.78 Å². The van der Waals surface area contributed by atoms with Gasteiger partial charge in [-0.1, -0.05) is 38.1 Å². The maximum absolute atomic E-state index is 12.1. The Labute approximate surface area is 198 Å². The number of carbonyl (C=O) groups is 1. The van der Waals surface area contributed by atoms with E-state index in [1.807, 2.05) is 52.0 Å². The van der Waals surface area contributed by atoms with E-state index in [9.17, 15) is 4.79 Å². The van der Waals surface area contributed by atoms with Gasteiger partial charge < -0.3 is 9.47 Å². The average molecular weight is 446 g/mol. The number of nitrogens with zero attached hydrogens (tertiary/aromatic N) is 1. The van der Waals surface area contributed by atoms with Crippen LogP contribution in [0.25, 0.3) is 11.3 Å². The molecule has 33 heavy (non-hydrogen) atoms. The summed E-state index contributed by atoms with van der Waals surface area (Å²) in [5, 5.41) is 0. The molecule has 1 heterocycles. The van der Waals surface area contributed by atoms with Crippen molar-refractivity contribution in [3.63, 3.8) is 0 Å². The van der Waals surface area contributed by atoms with E-state index in [1.165, 1.54) is 16.7 Å². The number of carbonyl (C=O) groups excluding carboxylic acids is 1. The lowest BCUT2D eigenvalue weighted by molar-refractivity contribution is 0.101. The fourth-order valence-electron chi connectivity index (χ4n) is 4.09. The third-order valence-electron chi connectivity index (χ3n) is 5.80. The third-order valence-corrected chi connectivity index (χ3v) is 5.80. The number of benzene rings is 2. The zero-order valence-electron chi connectivity index (χ0n) is 20.9. The van der Waals surface area contributed by atoms with Crippen LogP contribution >= 0.6 is 0 Å². The summed E-state index contributed by atoms with van der Waals surface area (Å²) < 4.78 is 12.4. The molecule has 0 atom stereocenters. The topological polar surface area (TPSA) is 48.4 Å². The number of Topliss-reactive ketones (excluding diaryl/α,β-unsaturated/α-hetero) is 1. The van der Waals surface area contributed by atoms with Gasteiger partial charge in [0, 0.05) is 17.3 Å². The Morgan fingerprint density at radius 3 is 2.21 bits per heavy atom. The standard InChI is InChI=1S/C29H35NO3/c1-8-22-11-10-12-23(9-2)29(22)26-16-28(33-18(3)4)25(20(6)30-26)17-32-27-15-19(5)13-14-24(27)21(7)31/h10-16,18H,8-9,17H2,1-7H3. The highest BCUT2D eigenvalue weighted by atomic mass is 16.5. The highest BCUT2D eigenvalue weighted by Gasteiger charge is 2.18. The number of rotatable bonds is 9. The second-order valence-corrected chi connectivity index (χ2v) is 8.74. The Hall–Kier alpha value is -3.14. The molecule has 0 aliphatic carbocycles. The summed E-state index contributed by atoms with van der Waals surface area (Å²) in [6.07, 6.45) is 1.89. The molecule has 1 aromatic heterocycles. The molecule has 3 aromatic rings. The zero-order valence-corrected chi connectivity index (χ0v) is 20.9. The first-order chi connectivity index (χ1) is 15.7. The van der Waals surface area contributed by atoms with Crippen LogP contribution in [-0.2, 0) is 19.4 Å². The highest BCUT2D eigenvalue weighted by Crippen LogP contribution is 2.34. The Morgan fingerprint density at radius 1 is 0.970 bits per heavy atom. The van der Waals surface area contributed by atoms with Gasteiger partial charge in [-0.05, 0) is 76.3 Å². The van der Waals surface area contributed by atoms with Gasteiger partial charge in [-0.2, -0.15) is 0 Å². The maximum atomic E-state index is 12.1. The Balaban J connectivity index is 2.07. The van der Waals surface area contributed by atoms with Crippen molar-refractivity contribution >= 4 is 5.78 Å². The van der Waals surface area contributed by atoms with Crippen molar-refractivity contribution in [1.82, 2.24) is 4.98 Å². The van der Waals surface area contributed by atoms with Crippen LogP contribution in [-0.4, -0.2) is 16.9 Å². The molecule has 0 aliphatic heterocycles. The minimum absolute atomic E-state index is 0.0113. The molecule has 0 spiro atoms. The lowest BCUT2D eigenvalue weighted by Crippen LogP contribution is -2.12. The first kappa shape index (κ1) is 24.5. The second kappa shape index (κ2) is 10.7.